The van der Waals surface area contributed by atoms with Gasteiger partial charge >= 0.3 is 0 Å². The summed E-state index contributed by atoms with van der Waals surface area (Å²) in [5, 5.41) is 1.30. The van der Waals surface area contributed by atoms with E-state index in [-0.39, 0.29) is 0 Å². The molecule has 2 aromatic carbocycles. The van der Waals surface area contributed by atoms with E-state index in [1.165, 1.54) is 0 Å². The number of fused-ring (bicyclic) bond motifs is 1. The lowest BCUT2D eigenvalue weighted by Gasteiger charge is -2.10. The molecule has 0 saturated heterocycles. The predicted octanol–water partition coefficient (Wildman–Crippen LogP) is 4.22. The Morgan fingerprint density at radius 1 is 1.05 bits per heavy atom. The van der Waals surface area contributed by atoms with Crippen LogP contribution in [-0.4, -0.2) is 9.55 Å². The second-order valence-electron chi connectivity index (χ2n) is 4.37. The second kappa shape index (κ2) is 4.44. The molecular formula is C14H11Cl2N3. The standard InChI is InChI=1S/C14H11Cl2N3/c1-8-2-3-10(16)7-13(8)19-12-5-4-9(15)6-11(12)18-14(19)17/h2-7H,1H3,(H2,17,18). The molecule has 0 radical (unpaired) electrons. The molecule has 96 valence electrons. The van der Waals surface area contributed by atoms with E-state index in [0.717, 1.165) is 22.3 Å². The van der Waals surface area contributed by atoms with E-state index >= 15 is 0 Å². The van der Waals surface area contributed by atoms with Crippen LogP contribution in [0.4, 0.5) is 5.95 Å². The van der Waals surface area contributed by atoms with Crippen molar-refractivity contribution >= 4 is 40.2 Å². The number of anilines is 1. The number of nitrogen functional groups attached to an aromatic ring is 1. The SMILES string of the molecule is Cc1ccc(Cl)cc1-n1c(N)nc2cc(Cl)ccc21. The molecule has 0 amide bonds. The Hall–Kier alpha value is -1.71. The first-order valence-electron chi connectivity index (χ1n) is 5.76. The van der Waals surface area contributed by atoms with Gasteiger partial charge in [-0.05, 0) is 42.8 Å². The Bertz CT molecular complexity index is 778. The Morgan fingerprint density at radius 3 is 2.53 bits per heavy atom. The second-order valence-corrected chi connectivity index (χ2v) is 5.24. The van der Waals surface area contributed by atoms with E-state index in [4.69, 9.17) is 28.9 Å². The molecule has 5 heteroatoms. The van der Waals surface area contributed by atoms with Crippen LogP contribution >= 0.6 is 23.2 Å². The Kier molecular flexibility index (Phi) is 2.88. The summed E-state index contributed by atoms with van der Waals surface area (Å²) in [6, 6.07) is 11.2. The third-order valence-electron chi connectivity index (χ3n) is 3.05. The molecule has 3 aromatic rings. The summed E-state index contributed by atoms with van der Waals surface area (Å²) in [5.41, 5.74) is 9.70. The smallest absolute Gasteiger partial charge is 0.205 e. The van der Waals surface area contributed by atoms with Gasteiger partial charge in [-0.2, -0.15) is 0 Å². The summed E-state index contributed by atoms with van der Waals surface area (Å²) in [4.78, 5) is 4.33. The number of imidazole rings is 1. The molecule has 0 atom stereocenters. The van der Waals surface area contributed by atoms with E-state index in [9.17, 15) is 0 Å². The van der Waals surface area contributed by atoms with Crippen LogP contribution in [-0.2, 0) is 0 Å². The number of halogens is 2. The maximum atomic E-state index is 6.07. The Labute approximate surface area is 120 Å². The van der Waals surface area contributed by atoms with Crippen molar-refractivity contribution in [3.63, 3.8) is 0 Å². The number of aryl methyl sites for hydroxylation is 1. The summed E-state index contributed by atoms with van der Waals surface area (Å²) < 4.78 is 1.88. The molecule has 1 aromatic heterocycles. The molecule has 3 nitrogen and oxygen atoms in total. The van der Waals surface area contributed by atoms with Gasteiger partial charge in [0.1, 0.15) is 0 Å². The predicted molar refractivity (Wildman–Crippen MR) is 80.2 cm³/mol. The normalized spacial score (nSPS) is 11.1. The van der Waals surface area contributed by atoms with Gasteiger partial charge in [-0.15, -0.1) is 0 Å². The van der Waals surface area contributed by atoms with Crippen molar-refractivity contribution in [2.45, 2.75) is 6.92 Å². The minimum absolute atomic E-state index is 0.419. The lowest BCUT2D eigenvalue weighted by molar-refractivity contribution is 1.09. The highest BCUT2D eigenvalue weighted by molar-refractivity contribution is 6.31. The molecule has 0 bridgehead atoms. The maximum Gasteiger partial charge on any atom is 0.205 e. The number of benzene rings is 2. The molecule has 19 heavy (non-hydrogen) atoms. The number of rotatable bonds is 1. The van der Waals surface area contributed by atoms with E-state index < -0.39 is 0 Å². The van der Waals surface area contributed by atoms with Crippen LogP contribution < -0.4 is 5.73 Å². The third-order valence-corrected chi connectivity index (χ3v) is 3.52. The number of nitrogens with two attached hydrogens (primary N) is 1. The van der Waals surface area contributed by atoms with Crippen LogP contribution in [0.1, 0.15) is 5.56 Å². The fraction of sp³-hybridized carbons (Fsp3) is 0.0714. The average molecular weight is 292 g/mol. The van der Waals surface area contributed by atoms with Gasteiger partial charge < -0.3 is 5.73 Å². The van der Waals surface area contributed by atoms with Crippen molar-refractivity contribution < 1.29 is 0 Å². The van der Waals surface area contributed by atoms with Gasteiger partial charge in [0.05, 0.1) is 16.7 Å². The molecule has 1 heterocycles. The van der Waals surface area contributed by atoms with Crippen LogP contribution in [0, 0.1) is 6.92 Å². The van der Waals surface area contributed by atoms with Crippen molar-refractivity contribution in [1.29, 1.82) is 0 Å². The number of hydrogen-bond acceptors (Lipinski definition) is 2. The highest BCUT2D eigenvalue weighted by Crippen LogP contribution is 2.28. The van der Waals surface area contributed by atoms with E-state index in [0.29, 0.717) is 16.0 Å². The maximum absolute atomic E-state index is 6.07. The quantitative estimate of drug-likeness (QED) is 0.729. The average Bonchev–Trinajstić information content (AvgIpc) is 2.67. The molecule has 0 saturated carbocycles. The topological polar surface area (TPSA) is 43.8 Å². The van der Waals surface area contributed by atoms with Gasteiger partial charge in [-0.25, -0.2) is 4.98 Å². The van der Waals surface area contributed by atoms with Gasteiger partial charge in [-0.1, -0.05) is 29.3 Å². The fourth-order valence-electron chi connectivity index (χ4n) is 2.15. The number of aromatic nitrogens is 2. The minimum atomic E-state index is 0.419. The van der Waals surface area contributed by atoms with Crippen molar-refractivity contribution in [1.82, 2.24) is 9.55 Å². The van der Waals surface area contributed by atoms with Gasteiger partial charge in [0.2, 0.25) is 5.95 Å². The first kappa shape index (κ1) is 12.3. The number of nitrogens with zero attached hydrogens (tertiary/aromatic N) is 2. The summed E-state index contributed by atoms with van der Waals surface area (Å²) >= 11 is 12.0. The molecule has 0 aliphatic carbocycles. The molecule has 0 unspecified atom stereocenters. The lowest BCUT2D eigenvalue weighted by Crippen LogP contribution is -2.02. The summed E-state index contributed by atoms with van der Waals surface area (Å²) in [5.74, 6) is 0.419. The zero-order valence-electron chi connectivity index (χ0n) is 10.2. The molecule has 0 aliphatic heterocycles. The molecule has 0 fully saturated rings. The van der Waals surface area contributed by atoms with E-state index in [1.54, 1.807) is 6.07 Å². The zero-order valence-corrected chi connectivity index (χ0v) is 11.7. The van der Waals surface area contributed by atoms with Crippen LogP contribution in [0.25, 0.3) is 16.7 Å². The minimum Gasteiger partial charge on any atom is -0.369 e. The van der Waals surface area contributed by atoms with Crippen molar-refractivity contribution in [2.75, 3.05) is 5.73 Å². The summed E-state index contributed by atoms with van der Waals surface area (Å²) in [7, 11) is 0. The lowest BCUT2D eigenvalue weighted by atomic mass is 10.2. The van der Waals surface area contributed by atoms with Gasteiger partial charge in [0.15, 0.2) is 0 Å². The fourth-order valence-corrected chi connectivity index (χ4v) is 2.48. The van der Waals surface area contributed by atoms with E-state index in [1.807, 2.05) is 41.8 Å². The zero-order chi connectivity index (χ0) is 13.6. The summed E-state index contributed by atoms with van der Waals surface area (Å²) in [6.45, 7) is 2.01. The molecule has 0 spiro atoms. The Morgan fingerprint density at radius 2 is 1.74 bits per heavy atom. The molecule has 3 rings (SSSR count). The highest BCUT2D eigenvalue weighted by Gasteiger charge is 2.12. The summed E-state index contributed by atoms with van der Waals surface area (Å²) in [6.07, 6.45) is 0. The van der Waals surface area contributed by atoms with Crippen molar-refractivity contribution in [2.24, 2.45) is 0 Å². The van der Waals surface area contributed by atoms with E-state index in [2.05, 4.69) is 4.98 Å². The van der Waals surface area contributed by atoms with Gasteiger partial charge in [0.25, 0.3) is 0 Å². The monoisotopic (exact) mass is 291 g/mol. The van der Waals surface area contributed by atoms with Crippen molar-refractivity contribution in [3.8, 4) is 5.69 Å². The van der Waals surface area contributed by atoms with Crippen molar-refractivity contribution in [3.05, 3.63) is 52.0 Å². The van der Waals surface area contributed by atoms with Gasteiger partial charge in [-0.3, -0.25) is 4.57 Å². The molecular weight excluding hydrogens is 281 g/mol. The molecule has 2 N–H and O–H groups in total. The third kappa shape index (κ3) is 2.05. The first-order valence-corrected chi connectivity index (χ1v) is 6.52. The largest absolute Gasteiger partial charge is 0.369 e. The van der Waals surface area contributed by atoms with Gasteiger partial charge in [0, 0.05) is 10.0 Å². The number of hydrogen-bond donors (Lipinski definition) is 1. The van der Waals surface area contributed by atoms with Crippen LogP contribution in [0.15, 0.2) is 36.4 Å². The Balaban J connectivity index is 2.36. The highest BCUT2D eigenvalue weighted by atomic mass is 35.5. The molecule has 0 aliphatic rings. The van der Waals surface area contributed by atoms with Crippen LogP contribution in [0.2, 0.25) is 10.0 Å². The first-order chi connectivity index (χ1) is 9.06. The van der Waals surface area contributed by atoms with Crippen LogP contribution in [0.5, 0.6) is 0 Å². The van der Waals surface area contributed by atoms with Crippen LogP contribution in [0.3, 0.4) is 0 Å².